The number of piperazine rings is 1. The molecule has 4 N–H and O–H groups in total. The van der Waals surface area contributed by atoms with E-state index in [-0.39, 0.29) is 36.3 Å². The zero-order valence-corrected chi connectivity index (χ0v) is 24.1. The van der Waals surface area contributed by atoms with Crippen molar-refractivity contribution in [3.05, 3.63) is 63.4 Å². The van der Waals surface area contributed by atoms with Gasteiger partial charge >= 0.3 is 0 Å². The molecule has 1 unspecified atom stereocenters. The van der Waals surface area contributed by atoms with E-state index in [1.165, 1.54) is 15.6 Å². The summed E-state index contributed by atoms with van der Waals surface area (Å²) >= 11 is 1.43. The average Bonchev–Trinajstić information content (AvgIpc) is 3.65. The van der Waals surface area contributed by atoms with Gasteiger partial charge in [0.15, 0.2) is 10.8 Å². The number of hydrogen-bond donors (Lipinski definition) is 3. The molecule has 2 aromatic heterocycles. The van der Waals surface area contributed by atoms with Crippen LogP contribution in [0.1, 0.15) is 38.2 Å². The maximum atomic E-state index is 13.8. The lowest BCUT2D eigenvalue weighted by molar-refractivity contribution is 0.0550. The second kappa shape index (κ2) is 10.9. The van der Waals surface area contributed by atoms with Crippen molar-refractivity contribution >= 4 is 43.9 Å². The number of hydrogen-bond acceptors (Lipinski definition) is 10. The molecule has 0 radical (unpaired) electrons. The van der Waals surface area contributed by atoms with E-state index in [0.29, 0.717) is 34.6 Å². The van der Waals surface area contributed by atoms with Crippen LogP contribution in [0.5, 0.6) is 0 Å². The minimum Gasteiger partial charge on any atom is -0.384 e. The first-order valence-electron chi connectivity index (χ1n) is 13.3. The Labute approximate surface area is 240 Å². The summed E-state index contributed by atoms with van der Waals surface area (Å²) in [6.45, 7) is 2.20. The van der Waals surface area contributed by atoms with Gasteiger partial charge in [0.05, 0.1) is 10.6 Å². The van der Waals surface area contributed by atoms with Crippen LogP contribution in [0, 0.1) is 5.41 Å². The molecule has 2 aliphatic rings. The Morgan fingerprint density at radius 1 is 1.17 bits per heavy atom. The minimum absolute atomic E-state index is 0.0847. The first kappa shape index (κ1) is 27.4. The third kappa shape index (κ3) is 5.45. The lowest BCUT2D eigenvalue weighted by Crippen LogP contribution is -2.56. The highest BCUT2D eigenvalue weighted by Gasteiger charge is 2.38. The molecule has 13 nitrogen and oxygen atoms in total. The number of aryl methyl sites for hydroxylation is 1. The number of nitrogens with one attached hydrogen (secondary N) is 2. The summed E-state index contributed by atoms with van der Waals surface area (Å²) in [5.41, 5.74) is 7.14. The van der Waals surface area contributed by atoms with Gasteiger partial charge in [0.1, 0.15) is 5.84 Å². The molecule has 4 heterocycles. The summed E-state index contributed by atoms with van der Waals surface area (Å²) in [6, 6.07) is 9.82. The number of fused-ring (bicyclic) bond motifs is 2. The SMILES string of the molecule is CN1CCc2nc(C(=O)N3CCN(S(=O)(=O)c4ccc5ccc(C(=N)N)cc5c4)CC3CCc3nn[nH]n3)sc2C1. The first-order chi connectivity index (χ1) is 19.7. The van der Waals surface area contributed by atoms with Crippen LogP contribution in [0.15, 0.2) is 41.3 Å². The Bertz CT molecular complexity index is 1720. The summed E-state index contributed by atoms with van der Waals surface area (Å²) in [5, 5.41) is 23.8. The van der Waals surface area contributed by atoms with E-state index in [2.05, 4.69) is 37.6 Å². The van der Waals surface area contributed by atoms with Crippen molar-refractivity contribution in [2.24, 2.45) is 5.73 Å². The number of tetrazole rings is 1. The topological polar surface area (TPSA) is 178 Å². The standard InChI is InChI=1S/C26H30N10O3S2/c1-34-9-8-21-22(15-34)40-25(29-21)26(37)36-11-10-35(14-19(36)5-7-23-30-32-33-31-23)41(38,39)20-6-4-16-2-3-17(24(27)28)12-18(16)13-20/h2-4,6,12-13,19H,5,7-11,14-15H2,1H3,(H3,27,28)(H,30,31,32,33). The Balaban J connectivity index is 1.27. The second-order valence-electron chi connectivity index (χ2n) is 10.4. The van der Waals surface area contributed by atoms with Crippen LogP contribution in [0.3, 0.4) is 0 Å². The number of likely N-dealkylation sites (N-methyl/N-ethyl adjacent to an activating group) is 1. The van der Waals surface area contributed by atoms with Crippen LogP contribution >= 0.6 is 11.3 Å². The number of sulfonamides is 1. The molecule has 41 heavy (non-hydrogen) atoms. The third-order valence-corrected chi connectivity index (χ3v) is 10.6. The monoisotopic (exact) mass is 594 g/mol. The summed E-state index contributed by atoms with van der Waals surface area (Å²) in [6.07, 6.45) is 1.70. The molecule has 2 aliphatic heterocycles. The summed E-state index contributed by atoms with van der Waals surface area (Å²) in [5.74, 6) is 0.240. The largest absolute Gasteiger partial charge is 0.384 e. The number of amidine groups is 1. The van der Waals surface area contributed by atoms with Crippen molar-refractivity contribution in [2.75, 3.05) is 33.2 Å². The van der Waals surface area contributed by atoms with Crippen LogP contribution in [0.4, 0.5) is 0 Å². The fourth-order valence-corrected chi connectivity index (χ4v) is 8.03. The van der Waals surface area contributed by atoms with E-state index in [4.69, 9.17) is 11.1 Å². The zero-order valence-electron chi connectivity index (χ0n) is 22.4. The maximum absolute atomic E-state index is 13.8. The number of nitrogens with zero attached hydrogens (tertiary/aromatic N) is 7. The van der Waals surface area contributed by atoms with Gasteiger partial charge in [0, 0.05) is 62.0 Å². The van der Waals surface area contributed by atoms with Gasteiger partial charge < -0.3 is 15.5 Å². The average molecular weight is 595 g/mol. The van der Waals surface area contributed by atoms with Gasteiger partial charge in [0.25, 0.3) is 5.91 Å². The molecule has 4 aromatic rings. The number of amides is 1. The van der Waals surface area contributed by atoms with Crippen molar-refractivity contribution in [3.8, 4) is 0 Å². The molecule has 0 bridgehead atoms. The van der Waals surface area contributed by atoms with Gasteiger partial charge in [-0.15, -0.1) is 21.5 Å². The van der Waals surface area contributed by atoms with Gasteiger partial charge in [-0.3, -0.25) is 10.2 Å². The molecule has 0 spiro atoms. The lowest BCUT2D eigenvalue weighted by Gasteiger charge is -2.40. The maximum Gasteiger partial charge on any atom is 0.283 e. The second-order valence-corrected chi connectivity index (χ2v) is 13.4. The number of nitrogen functional groups attached to an aromatic ring is 1. The van der Waals surface area contributed by atoms with E-state index in [1.54, 1.807) is 35.2 Å². The predicted octanol–water partition coefficient (Wildman–Crippen LogP) is 1.23. The number of carbonyl (C=O) groups is 1. The Morgan fingerprint density at radius 3 is 2.78 bits per heavy atom. The van der Waals surface area contributed by atoms with Crippen LogP contribution < -0.4 is 5.73 Å². The fourth-order valence-electron chi connectivity index (χ4n) is 5.38. The van der Waals surface area contributed by atoms with E-state index < -0.39 is 16.1 Å². The molecular weight excluding hydrogens is 564 g/mol. The van der Waals surface area contributed by atoms with E-state index in [9.17, 15) is 13.2 Å². The van der Waals surface area contributed by atoms with E-state index in [1.807, 2.05) is 6.07 Å². The highest BCUT2D eigenvalue weighted by molar-refractivity contribution is 7.89. The van der Waals surface area contributed by atoms with Crippen LogP contribution in [0.2, 0.25) is 0 Å². The highest BCUT2D eigenvalue weighted by atomic mass is 32.2. The van der Waals surface area contributed by atoms with Gasteiger partial charge in [0.2, 0.25) is 10.0 Å². The molecule has 214 valence electrons. The molecule has 0 saturated carbocycles. The lowest BCUT2D eigenvalue weighted by atomic mass is 10.1. The number of thiazole rings is 1. The summed E-state index contributed by atoms with van der Waals surface area (Å²) in [4.78, 5) is 23.6. The summed E-state index contributed by atoms with van der Waals surface area (Å²) < 4.78 is 29.1. The number of rotatable bonds is 7. The molecular formula is C26H30N10O3S2. The Morgan fingerprint density at radius 2 is 2.00 bits per heavy atom. The number of carbonyl (C=O) groups excluding carboxylic acids is 1. The van der Waals surface area contributed by atoms with E-state index >= 15 is 0 Å². The van der Waals surface area contributed by atoms with Gasteiger partial charge in [-0.25, -0.2) is 13.4 Å². The predicted molar refractivity (Wildman–Crippen MR) is 153 cm³/mol. The highest BCUT2D eigenvalue weighted by Crippen LogP contribution is 2.29. The number of aromatic nitrogens is 5. The number of H-pyrrole nitrogens is 1. The van der Waals surface area contributed by atoms with Gasteiger partial charge in [-0.05, 0) is 42.4 Å². The van der Waals surface area contributed by atoms with Gasteiger partial charge in [-0.2, -0.15) is 9.52 Å². The molecule has 2 aromatic carbocycles. The smallest absolute Gasteiger partial charge is 0.283 e. The molecule has 1 atom stereocenters. The summed E-state index contributed by atoms with van der Waals surface area (Å²) in [7, 11) is -1.82. The van der Waals surface area contributed by atoms with Crippen LogP contribution in [0.25, 0.3) is 10.8 Å². The minimum atomic E-state index is -3.87. The molecule has 1 amide bonds. The van der Waals surface area contributed by atoms with Crippen molar-refractivity contribution in [2.45, 2.75) is 36.7 Å². The van der Waals surface area contributed by atoms with Gasteiger partial charge in [-0.1, -0.05) is 23.4 Å². The molecule has 0 aliphatic carbocycles. The van der Waals surface area contributed by atoms with Crippen molar-refractivity contribution < 1.29 is 13.2 Å². The number of aromatic amines is 1. The number of benzene rings is 2. The van der Waals surface area contributed by atoms with Crippen molar-refractivity contribution in [1.82, 2.24) is 39.7 Å². The Hall–Kier alpha value is -3.79. The molecule has 1 fully saturated rings. The zero-order chi connectivity index (χ0) is 28.7. The molecule has 15 heteroatoms. The Kier molecular flexibility index (Phi) is 7.27. The normalized spacial score (nSPS) is 18.5. The fraction of sp³-hybridized carbons (Fsp3) is 0.385. The third-order valence-electron chi connectivity index (χ3n) is 7.66. The first-order valence-corrected chi connectivity index (χ1v) is 15.5. The van der Waals surface area contributed by atoms with Crippen LogP contribution in [-0.4, -0.2) is 99.1 Å². The van der Waals surface area contributed by atoms with E-state index in [0.717, 1.165) is 35.5 Å². The van der Waals surface area contributed by atoms with Crippen molar-refractivity contribution in [1.29, 1.82) is 5.41 Å². The number of nitrogens with two attached hydrogens (primary N) is 1. The van der Waals surface area contributed by atoms with Crippen molar-refractivity contribution in [3.63, 3.8) is 0 Å². The molecule has 1 saturated heterocycles. The quantitative estimate of drug-likeness (QED) is 0.210. The molecule has 6 rings (SSSR count). The van der Waals surface area contributed by atoms with Crippen LogP contribution in [-0.2, 0) is 29.4 Å².